The van der Waals surface area contributed by atoms with Gasteiger partial charge in [-0.3, -0.25) is 4.79 Å². The zero-order valence-electron chi connectivity index (χ0n) is 9.35. The minimum Gasteiger partial charge on any atom is -0.306 e. The van der Waals surface area contributed by atoms with Crippen LogP contribution in [0.4, 0.5) is 0 Å². The number of hydrogen-bond donors (Lipinski definition) is 1. The molecular formula is C14H9BrN2O. The Hall–Kier alpha value is -1.94. The molecule has 0 fully saturated rings. The lowest BCUT2D eigenvalue weighted by atomic mass is 10.1. The van der Waals surface area contributed by atoms with E-state index in [1.807, 2.05) is 42.5 Å². The minimum absolute atomic E-state index is 0.131. The first-order chi connectivity index (χ1) is 8.75. The van der Waals surface area contributed by atoms with Crippen molar-refractivity contribution < 1.29 is 0 Å². The summed E-state index contributed by atoms with van der Waals surface area (Å²) >= 11 is 3.46. The lowest BCUT2D eigenvalue weighted by molar-refractivity contribution is 1.23. The first kappa shape index (κ1) is 11.2. The third kappa shape index (κ3) is 1.84. The zero-order valence-corrected chi connectivity index (χ0v) is 10.9. The first-order valence-electron chi connectivity index (χ1n) is 5.48. The number of hydrogen-bond acceptors (Lipinski definition) is 2. The number of halogens is 1. The summed E-state index contributed by atoms with van der Waals surface area (Å²) in [6.45, 7) is 0. The van der Waals surface area contributed by atoms with Crippen LogP contribution in [0.15, 0.2) is 57.9 Å². The van der Waals surface area contributed by atoms with E-state index >= 15 is 0 Å². The summed E-state index contributed by atoms with van der Waals surface area (Å²) in [7, 11) is 0. The molecule has 3 rings (SSSR count). The lowest BCUT2D eigenvalue weighted by Gasteiger charge is -2.04. The molecule has 0 aliphatic heterocycles. The van der Waals surface area contributed by atoms with Crippen LogP contribution in [0.25, 0.3) is 22.2 Å². The van der Waals surface area contributed by atoms with Crippen LogP contribution in [-0.4, -0.2) is 9.97 Å². The fourth-order valence-electron chi connectivity index (χ4n) is 1.91. The van der Waals surface area contributed by atoms with Crippen LogP contribution in [-0.2, 0) is 0 Å². The highest BCUT2D eigenvalue weighted by molar-refractivity contribution is 9.10. The molecule has 3 aromatic rings. The molecule has 1 N–H and O–H groups in total. The van der Waals surface area contributed by atoms with Gasteiger partial charge in [0.2, 0.25) is 0 Å². The Morgan fingerprint density at radius 3 is 2.72 bits per heavy atom. The van der Waals surface area contributed by atoms with Gasteiger partial charge in [-0.15, -0.1) is 0 Å². The van der Waals surface area contributed by atoms with Crippen LogP contribution in [0.3, 0.4) is 0 Å². The number of aromatic nitrogens is 2. The van der Waals surface area contributed by atoms with Crippen LogP contribution < -0.4 is 5.56 Å². The summed E-state index contributed by atoms with van der Waals surface area (Å²) in [5.41, 5.74) is 2.00. The number of rotatable bonds is 1. The second kappa shape index (κ2) is 4.38. The van der Waals surface area contributed by atoms with Gasteiger partial charge < -0.3 is 4.98 Å². The summed E-state index contributed by atoms with van der Waals surface area (Å²) in [5.74, 6) is 0. The van der Waals surface area contributed by atoms with Crippen molar-refractivity contribution in [2.75, 3.05) is 0 Å². The third-order valence-electron chi connectivity index (χ3n) is 2.78. The molecule has 88 valence electrons. The molecule has 0 saturated carbocycles. The van der Waals surface area contributed by atoms with Gasteiger partial charge in [-0.25, -0.2) is 4.98 Å². The predicted octanol–water partition coefficient (Wildman–Crippen LogP) is 3.35. The quantitative estimate of drug-likeness (QED) is 0.749. The molecule has 0 unspecified atom stereocenters. The van der Waals surface area contributed by atoms with E-state index < -0.39 is 0 Å². The van der Waals surface area contributed by atoms with Gasteiger partial charge in [0.1, 0.15) is 5.65 Å². The Balaban J connectivity index is 2.33. The third-order valence-corrected chi connectivity index (χ3v) is 3.47. The summed E-state index contributed by atoms with van der Waals surface area (Å²) in [6.07, 6.45) is 1.66. The fraction of sp³-hybridized carbons (Fsp3) is 0. The maximum Gasteiger partial charge on any atom is 0.257 e. The second-order valence-corrected chi connectivity index (χ2v) is 4.79. The highest BCUT2D eigenvalue weighted by Crippen LogP contribution is 2.26. The monoisotopic (exact) mass is 300 g/mol. The zero-order chi connectivity index (χ0) is 12.5. The fourth-order valence-corrected chi connectivity index (χ4v) is 2.41. The second-order valence-electron chi connectivity index (χ2n) is 3.93. The average molecular weight is 301 g/mol. The maximum atomic E-state index is 12.1. The molecule has 2 heterocycles. The van der Waals surface area contributed by atoms with E-state index in [9.17, 15) is 4.79 Å². The maximum absolute atomic E-state index is 12.1. The van der Waals surface area contributed by atoms with Crippen molar-refractivity contribution >= 4 is 27.0 Å². The van der Waals surface area contributed by atoms with Crippen molar-refractivity contribution in [3.63, 3.8) is 0 Å². The van der Waals surface area contributed by atoms with Gasteiger partial charge in [0, 0.05) is 27.2 Å². The molecule has 18 heavy (non-hydrogen) atoms. The number of benzene rings is 1. The molecule has 4 heteroatoms. The van der Waals surface area contributed by atoms with E-state index in [-0.39, 0.29) is 5.56 Å². The van der Waals surface area contributed by atoms with E-state index in [4.69, 9.17) is 0 Å². The van der Waals surface area contributed by atoms with E-state index in [0.717, 1.165) is 15.4 Å². The van der Waals surface area contributed by atoms with Crippen LogP contribution in [0.2, 0.25) is 0 Å². The smallest absolute Gasteiger partial charge is 0.257 e. The van der Waals surface area contributed by atoms with Crippen LogP contribution in [0, 0.1) is 0 Å². The summed E-state index contributed by atoms with van der Waals surface area (Å²) in [6, 6.07) is 13.3. The number of nitrogens with one attached hydrogen (secondary N) is 1. The van der Waals surface area contributed by atoms with Crippen molar-refractivity contribution in [3.05, 3.63) is 63.5 Å². The molecule has 0 spiro atoms. The van der Waals surface area contributed by atoms with Crippen molar-refractivity contribution in [1.82, 2.24) is 9.97 Å². The van der Waals surface area contributed by atoms with Crippen molar-refractivity contribution in [2.45, 2.75) is 0 Å². The summed E-state index contributed by atoms with van der Waals surface area (Å²) < 4.78 is 0.902. The van der Waals surface area contributed by atoms with Gasteiger partial charge in [0.25, 0.3) is 5.56 Å². The van der Waals surface area contributed by atoms with Gasteiger partial charge in [0.05, 0.1) is 0 Å². The van der Waals surface area contributed by atoms with E-state index in [1.54, 1.807) is 6.20 Å². The number of nitrogens with zero attached hydrogens (tertiary/aromatic N) is 1. The Kier molecular flexibility index (Phi) is 2.72. The van der Waals surface area contributed by atoms with Gasteiger partial charge in [0.15, 0.2) is 0 Å². The normalized spacial score (nSPS) is 10.7. The molecule has 0 aliphatic carbocycles. The highest BCUT2D eigenvalue weighted by atomic mass is 79.9. The molecule has 0 saturated heterocycles. The first-order valence-corrected chi connectivity index (χ1v) is 6.28. The Morgan fingerprint density at radius 1 is 1.06 bits per heavy atom. The molecule has 0 radical (unpaired) electrons. The Labute approximate surface area is 112 Å². The standard InChI is InChI=1S/C14H9BrN2O/c15-12-6-2-1-5-10(12)11-8-9-4-3-7-16-13(9)17-14(11)18/h1-8H,(H,16,17,18). The molecule has 1 aromatic carbocycles. The van der Waals surface area contributed by atoms with Crippen molar-refractivity contribution in [2.24, 2.45) is 0 Å². The van der Waals surface area contributed by atoms with Gasteiger partial charge in [-0.05, 0) is 24.3 Å². The molecule has 3 nitrogen and oxygen atoms in total. The Morgan fingerprint density at radius 2 is 1.89 bits per heavy atom. The molecule has 0 bridgehead atoms. The largest absolute Gasteiger partial charge is 0.306 e. The number of pyridine rings is 2. The predicted molar refractivity (Wildman–Crippen MR) is 75.5 cm³/mol. The van der Waals surface area contributed by atoms with Crippen LogP contribution >= 0.6 is 15.9 Å². The van der Waals surface area contributed by atoms with Crippen LogP contribution in [0.1, 0.15) is 0 Å². The topological polar surface area (TPSA) is 45.8 Å². The number of H-pyrrole nitrogens is 1. The molecule has 0 atom stereocenters. The van der Waals surface area contributed by atoms with Crippen LogP contribution in [0.5, 0.6) is 0 Å². The molecule has 2 aromatic heterocycles. The van der Waals surface area contributed by atoms with Gasteiger partial charge >= 0.3 is 0 Å². The number of fused-ring (bicyclic) bond motifs is 1. The SMILES string of the molecule is O=c1[nH]c2ncccc2cc1-c1ccccc1Br. The average Bonchev–Trinajstić information content (AvgIpc) is 2.39. The van der Waals surface area contributed by atoms with E-state index in [1.165, 1.54) is 0 Å². The highest BCUT2D eigenvalue weighted by Gasteiger charge is 2.08. The Bertz CT molecular complexity index is 780. The summed E-state index contributed by atoms with van der Waals surface area (Å²) in [4.78, 5) is 19.0. The van der Waals surface area contributed by atoms with E-state index in [0.29, 0.717) is 11.2 Å². The minimum atomic E-state index is -0.131. The van der Waals surface area contributed by atoms with Gasteiger partial charge in [-0.1, -0.05) is 34.1 Å². The lowest BCUT2D eigenvalue weighted by Crippen LogP contribution is -2.09. The van der Waals surface area contributed by atoms with Crippen molar-refractivity contribution in [3.8, 4) is 11.1 Å². The van der Waals surface area contributed by atoms with Gasteiger partial charge in [-0.2, -0.15) is 0 Å². The molecule has 0 amide bonds. The molecule has 0 aliphatic rings. The summed E-state index contributed by atoms with van der Waals surface area (Å²) in [5, 5.41) is 0.919. The van der Waals surface area contributed by atoms with E-state index in [2.05, 4.69) is 25.9 Å². The van der Waals surface area contributed by atoms with Crippen molar-refractivity contribution in [1.29, 1.82) is 0 Å². The molecular weight excluding hydrogens is 292 g/mol. The number of aromatic amines is 1.